The maximum atomic E-state index is 13.5. The molecule has 1 saturated heterocycles. The minimum absolute atomic E-state index is 0.0646. The summed E-state index contributed by atoms with van der Waals surface area (Å²) in [5.74, 6) is -0.356. The fraction of sp³-hybridized carbons (Fsp3) is 0.667. The van der Waals surface area contributed by atoms with Crippen LogP contribution < -0.4 is 4.72 Å². The van der Waals surface area contributed by atoms with Gasteiger partial charge in [0.15, 0.2) is 0 Å². The van der Waals surface area contributed by atoms with E-state index in [-0.39, 0.29) is 40.3 Å². The third-order valence-corrected chi connectivity index (χ3v) is 8.75. The lowest BCUT2D eigenvalue weighted by Gasteiger charge is -2.43. The Hall–Kier alpha value is -2.53. The van der Waals surface area contributed by atoms with Crippen molar-refractivity contribution in [1.82, 2.24) is 14.5 Å². The average Bonchev–Trinajstić information content (AvgIpc) is 2.86. The van der Waals surface area contributed by atoms with Crippen LogP contribution >= 0.6 is 0 Å². The zero-order valence-electron chi connectivity index (χ0n) is 20.7. The molecule has 1 aliphatic heterocycles. The molecule has 1 saturated carbocycles. The van der Waals surface area contributed by atoms with E-state index in [2.05, 4.69) is 4.72 Å². The summed E-state index contributed by atoms with van der Waals surface area (Å²) in [6, 6.07) is 3.45. The van der Waals surface area contributed by atoms with Crippen LogP contribution in [0.25, 0.3) is 0 Å². The van der Waals surface area contributed by atoms with Crippen molar-refractivity contribution in [3.05, 3.63) is 34.4 Å². The number of nitrogens with zero attached hydrogens (tertiary/aromatic N) is 3. The molecule has 0 spiro atoms. The maximum Gasteiger partial charge on any atom is 0.269 e. The summed E-state index contributed by atoms with van der Waals surface area (Å²) < 4.78 is 28.6. The highest BCUT2D eigenvalue weighted by molar-refractivity contribution is 7.89. The number of rotatable bonds is 8. The maximum absolute atomic E-state index is 13.5. The van der Waals surface area contributed by atoms with Crippen molar-refractivity contribution in [3.8, 4) is 0 Å². The Labute approximate surface area is 207 Å². The van der Waals surface area contributed by atoms with Crippen LogP contribution in [-0.2, 0) is 19.6 Å². The van der Waals surface area contributed by atoms with Crippen LogP contribution in [0.3, 0.4) is 0 Å². The smallest absolute Gasteiger partial charge is 0.269 e. The van der Waals surface area contributed by atoms with Crippen molar-refractivity contribution in [1.29, 1.82) is 0 Å². The lowest BCUT2D eigenvalue weighted by molar-refractivity contribution is -0.384. The number of benzene rings is 1. The largest absolute Gasteiger partial charge is 0.337 e. The lowest BCUT2D eigenvalue weighted by atomic mass is 9.87. The number of carbonyl (C=O) groups is 2. The van der Waals surface area contributed by atoms with E-state index in [1.54, 1.807) is 4.90 Å². The number of sulfonamides is 1. The van der Waals surface area contributed by atoms with Gasteiger partial charge in [-0.3, -0.25) is 19.7 Å². The highest BCUT2D eigenvalue weighted by Crippen LogP contribution is 2.27. The van der Waals surface area contributed by atoms with E-state index in [1.165, 1.54) is 6.42 Å². The van der Waals surface area contributed by atoms with Crippen LogP contribution in [0.15, 0.2) is 29.2 Å². The number of nitro benzene ring substituents is 1. The second-order valence-corrected chi connectivity index (χ2v) is 11.4. The number of carbonyl (C=O) groups excluding carboxylic acids is 2. The summed E-state index contributed by atoms with van der Waals surface area (Å²) in [5, 5.41) is 10.9. The number of amides is 2. The molecule has 10 nitrogen and oxygen atoms in total. The first-order valence-corrected chi connectivity index (χ1v) is 13.9. The third kappa shape index (κ3) is 6.38. The normalized spacial score (nSPS) is 21.4. The van der Waals surface area contributed by atoms with Crippen molar-refractivity contribution < 1.29 is 22.9 Å². The molecule has 0 radical (unpaired) electrons. The quantitative estimate of drug-likeness (QED) is 0.424. The van der Waals surface area contributed by atoms with Gasteiger partial charge in [0.25, 0.3) is 5.69 Å². The number of hydrogen-bond donors (Lipinski definition) is 1. The summed E-state index contributed by atoms with van der Waals surface area (Å²) in [6.07, 6.45) is 5.75. The monoisotopic (exact) mass is 508 g/mol. The van der Waals surface area contributed by atoms with Gasteiger partial charge in [-0.1, -0.05) is 39.5 Å². The van der Waals surface area contributed by atoms with E-state index in [0.29, 0.717) is 26.1 Å². The fourth-order valence-corrected chi connectivity index (χ4v) is 6.19. The van der Waals surface area contributed by atoms with E-state index < -0.39 is 21.0 Å². The number of hydrogen-bond acceptors (Lipinski definition) is 6. The van der Waals surface area contributed by atoms with Crippen LogP contribution in [0.1, 0.15) is 59.3 Å². The van der Waals surface area contributed by atoms with Gasteiger partial charge in [-0.25, -0.2) is 8.42 Å². The van der Waals surface area contributed by atoms with Gasteiger partial charge in [-0.15, -0.1) is 0 Å². The van der Waals surface area contributed by atoms with Gasteiger partial charge in [-0.2, -0.15) is 4.72 Å². The summed E-state index contributed by atoms with van der Waals surface area (Å²) in [6.45, 7) is 6.77. The standard InChI is InChI=1S/C24H36N4O6S/c1-4-17(2)22(25-35(33,34)21-12-10-20(11-13-21)28(31)32)24(30)26-14-15-27(18(3)16-26)23(29)19-8-6-5-7-9-19/h10-13,17-19,22,25H,4-9,14-16H2,1-3H3. The molecule has 2 amide bonds. The predicted molar refractivity (Wildman–Crippen MR) is 131 cm³/mol. The van der Waals surface area contributed by atoms with Gasteiger partial charge in [0.2, 0.25) is 21.8 Å². The fourth-order valence-electron chi connectivity index (χ4n) is 4.89. The molecule has 2 fully saturated rings. The molecule has 11 heteroatoms. The Bertz CT molecular complexity index is 1020. The van der Waals surface area contributed by atoms with Gasteiger partial charge in [0.05, 0.1) is 9.82 Å². The molecule has 0 bridgehead atoms. The first-order chi connectivity index (χ1) is 16.5. The van der Waals surface area contributed by atoms with Crippen molar-refractivity contribution in [2.24, 2.45) is 11.8 Å². The van der Waals surface area contributed by atoms with E-state index >= 15 is 0 Å². The highest BCUT2D eigenvalue weighted by atomic mass is 32.2. The van der Waals surface area contributed by atoms with Gasteiger partial charge >= 0.3 is 0 Å². The molecule has 35 heavy (non-hydrogen) atoms. The van der Waals surface area contributed by atoms with Crippen LogP contribution in [0.5, 0.6) is 0 Å². The van der Waals surface area contributed by atoms with Crippen molar-refractivity contribution in [3.63, 3.8) is 0 Å². The molecule has 0 aromatic heterocycles. The summed E-state index contributed by atoms with van der Waals surface area (Å²) in [4.78, 5) is 40.2. The zero-order chi connectivity index (χ0) is 25.8. The molecule has 3 atom stereocenters. The summed E-state index contributed by atoms with van der Waals surface area (Å²) in [5.41, 5.74) is -0.215. The van der Waals surface area contributed by atoms with Crippen molar-refractivity contribution >= 4 is 27.5 Å². The number of non-ortho nitro benzene ring substituents is 1. The van der Waals surface area contributed by atoms with E-state index in [0.717, 1.165) is 49.9 Å². The predicted octanol–water partition coefficient (Wildman–Crippen LogP) is 2.93. The molecule has 1 aromatic rings. The molecule has 1 aliphatic carbocycles. The van der Waals surface area contributed by atoms with Gasteiger partial charge in [0.1, 0.15) is 6.04 Å². The van der Waals surface area contributed by atoms with Gasteiger partial charge in [-0.05, 0) is 37.8 Å². The van der Waals surface area contributed by atoms with Crippen LogP contribution in [0, 0.1) is 22.0 Å². The van der Waals surface area contributed by atoms with Crippen LogP contribution in [0.2, 0.25) is 0 Å². The summed E-state index contributed by atoms with van der Waals surface area (Å²) >= 11 is 0. The molecule has 2 aliphatic rings. The zero-order valence-corrected chi connectivity index (χ0v) is 21.5. The second-order valence-electron chi connectivity index (χ2n) is 9.74. The Balaban J connectivity index is 1.70. The van der Waals surface area contributed by atoms with E-state index in [9.17, 15) is 28.1 Å². The van der Waals surface area contributed by atoms with Crippen LogP contribution in [-0.4, -0.2) is 66.7 Å². The molecule has 194 valence electrons. The Morgan fingerprint density at radius 2 is 1.77 bits per heavy atom. The minimum Gasteiger partial charge on any atom is -0.337 e. The molecule has 1 N–H and O–H groups in total. The molecule has 1 heterocycles. The molecule has 3 unspecified atom stereocenters. The topological polar surface area (TPSA) is 130 Å². The molecule has 3 rings (SSSR count). The number of piperazine rings is 1. The third-order valence-electron chi connectivity index (χ3n) is 7.30. The summed E-state index contributed by atoms with van der Waals surface area (Å²) in [7, 11) is -4.08. The first kappa shape index (κ1) is 27.1. The SMILES string of the molecule is CCC(C)C(NS(=O)(=O)c1ccc([N+](=O)[O-])cc1)C(=O)N1CCN(C(=O)C2CCCCC2)C(C)C1. The second kappa shape index (κ2) is 11.5. The Morgan fingerprint density at radius 3 is 2.31 bits per heavy atom. The lowest BCUT2D eigenvalue weighted by Crippen LogP contribution is -2.60. The van der Waals surface area contributed by atoms with E-state index in [1.807, 2.05) is 25.7 Å². The van der Waals surface area contributed by atoms with Gasteiger partial charge < -0.3 is 9.80 Å². The van der Waals surface area contributed by atoms with Crippen molar-refractivity contribution in [2.45, 2.75) is 76.3 Å². The highest BCUT2D eigenvalue weighted by Gasteiger charge is 2.38. The Kier molecular flexibility index (Phi) is 8.87. The average molecular weight is 509 g/mol. The molecule has 1 aromatic carbocycles. The van der Waals surface area contributed by atoms with E-state index in [4.69, 9.17) is 0 Å². The van der Waals surface area contributed by atoms with Crippen LogP contribution in [0.4, 0.5) is 5.69 Å². The first-order valence-electron chi connectivity index (χ1n) is 12.4. The number of nitrogens with one attached hydrogen (secondary N) is 1. The minimum atomic E-state index is -4.08. The molecular weight excluding hydrogens is 472 g/mol. The van der Waals surface area contributed by atoms with Crippen molar-refractivity contribution in [2.75, 3.05) is 19.6 Å². The number of nitro groups is 1. The van der Waals surface area contributed by atoms with Gasteiger partial charge in [0, 0.05) is 43.7 Å². The Morgan fingerprint density at radius 1 is 1.14 bits per heavy atom. The molecular formula is C24H36N4O6S.